The van der Waals surface area contributed by atoms with Crippen molar-refractivity contribution >= 4 is 43.6 Å². The number of hydrogen-bond donors (Lipinski definition) is 0. The van der Waals surface area contributed by atoms with E-state index in [1.807, 2.05) is 0 Å². The zero-order valence-corrected chi connectivity index (χ0v) is 45.6. The minimum absolute atomic E-state index is 0.127. The lowest BCUT2D eigenvalue weighted by Gasteiger charge is -2.32. The molecule has 0 saturated heterocycles. The topological polar surface area (TPSA) is 9.86 Å². The van der Waals surface area contributed by atoms with E-state index in [2.05, 4.69) is 292 Å². The molecule has 4 aliphatic rings. The molecule has 0 N–H and O–H groups in total. The lowest BCUT2D eigenvalue weighted by Crippen LogP contribution is -2.26. The molecule has 2 heterocycles. The maximum atomic E-state index is 2.58. The largest absolute Gasteiger partial charge is 0.309 e. The highest BCUT2D eigenvalue weighted by atomic mass is 15.0. The van der Waals surface area contributed by atoms with Crippen LogP contribution >= 0.6 is 0 Å². The predicted molar refractivity (Wildman–Crippen MR) is 337 cm³/mol. The number of rotatable bonds is 4. The molecule has 0 amide bonds. The quantitative estimate of drug-likeness (QED) is 0.166. The van der Waals surface area contributed by atoms with Gasteiger partial charge in [0, 0.05) is 43.7 Å². The zero-order chi connectivity index (χ0) is 53.7. The molecule has 380 valence electrons. The molecule has 2 aromatic heterocycles. The monoisotopic (exact) mass is 1030 g/mol. The molecule has 0 bridgehead atoms. The average molecular weight is 1030 g/mol. The summed E-state index contributed by atoms with van der Waals surface area (Å²) in [6, 6.07) is 97.8. The molecule has 2 heteroatoms. The number of para-hydroxylation sites is 4. The summed E-state index contributed by atoms with van der Waals surface area (Å²) >= 11 is 0. The van der Waals surface area contributed by atoms with Gasteiger partial charge in [0.2, 0.25) is 0 Å². The molecule has 0 atom stereocenters. The average Bonchev–Trinajstić information content (AvgIpc) is 2.13. The van der Waals surface area contributed by atoms with Crippen LogP contribution in [0.1, 0.15) is 72.2 Å². The fraction of sp³-hybridized carbons (Fsp3) is 0.0886. The Bertz CT molecular complexity index is 4700. The SMILES string of the molecule is CC1(C)c2ccccc2-c2ccc(-c3ccc4c(c3)C3(c5cc(-c6ccc7c(c6)C(C)(C)c6ccccc6-7)ccc5-c5ccc(-n6c7ccccc7c7ccccc76)cc53)c3cc(-n5c6ccccc6c6ccccc65)ccc3-4)cc21. The molecule has 0 unspecified atom stereocenters. The van der Waals surface area contributed by atoms with E-state index in [0.29, 0.717) is 0 Å². The van der Waals surface area contributed by atoms with Crippen molar-refractivity contribution < 1.29 is 0 Å². The maximum Gasteiger partial charge on any atom is 0.0727 e. The van der Waals surface area contributed by atoms with Crippen LogP contribution in [0.4, 0.5) is 0 Å². The summed E-state index contributed by atoms with van der Waals surface area (Å²) in [5.41, 5.74) is 32.4. The van der Waals surface area contributed by atoms with Crippen molar-refractivity contribution in [1.82, 2.24) is 9.13 Å². The third kappa shape index (κ3) is 5.76. The molecule has 1 spiro atoms. The van der Waals surface area contributed by atoms with E-state index in [-0.39, 0.29) is 10.8 Å². The fourth-order valence-electron chi connectivity index (χ4n) is 16.0. The minimum Gasteiger partial charge on any atom is -0.309 e. The standard InChI is InChI=1S/C79H54N2/c1-77(2)65-23-11-5-17-53(65)55-35-29-47(41-67(55)77)49-31-37-57-59-39-33-51(80-73-25-13-7-19-61(73)62-20-8-14-26-74(62)80)45-71(59)79(69(57)43-49)70-44-50(48-30-36-56-54-18-6-12-24-66(54)78(3,4)68(56)42-48)32-38-58(70)60-40-34-52(46-72(60)79)81-75-27-15-9-21-63(75)64-22-10-16-28-76(64)81/h5-46H,1-4H3. The van der Waals surface area contributed by atoms with Crippen molar-refractivity contribution in [2.75, 3.05) is 0 Å². The summed E-state index contributed by atoms with van der Waals surface area (Å²) in [4.78, 5) is 0. The molecule has 0 aliphatic heterocycles. The van der Waals surface area contributed by atoms with E-state index >= 15 is 0 Å². The van der Waals surface area contributed by atoms with Gasteiger partial charge in [-0.25, -0.2) is 0 Å². The van der Waals surface area contributed by atoms with Gasteiger partial charge in [-0.1, -0.05) is 210 Å². The van der Waals surface area contributed by atoms with E-state index in [4.69, 9.17) is 0 Å². The van der Waals surface area contributed by atoms with Crippen molar-refractivity contribution in [1.29, 1.82) is 0 Å². The van der Waals surface area contributed by atoms with Gasteiger partial charge in [0.15, 0.2) is 0 Å². The van der Waals surface area contributed by atoms with E-state index < -0.39 is 5.41 Å². The summed E-state index contributed by atoms with van der Waals surface area (Å²) in [5.74, 6) is 0. The van der Waals surface area contributed by atoms with Gasteiger partial charge < -0.3 is 9.13 Å². The Balaban J connectivity index is 0.938. The third-order valence-corrected chi connectivity index (χ3v) is 19.8. The Morgan fingerprint density at radius 3 is 0.840 bits per heavy atom. The fourth-order valence-corrected chi connectivity index (χ4v) is 16.0. The highest BCUT2D eigenvalue weighted by molar-refractivity contribution is 6.11. The van der Waals surface area contributed by atoms with Crippen LogP contribution in [-0.2, 0) is 16.2 Å². The Labute approximate surface area is 471 Å². The van der Waals surface area contributed by atoms with Gasteiger partial charge in [-0.2, -0.15) is 0 Å². The first-order chi connectivity index (χ1) is 39.7. The van der Waals surface area contributed by atoms with Crippen LogP contribution in [0, 0.1) is 0 Å². The second-order valence-corrected chi connectivity index (χ2v) is 24.3. The first-order valence-electron chi connectivity index (χ1n) is 28.7. The van der Waals surface area contributed by atoms with E-state index in [9.17, 15) is 0 Å². The van der Waals surface area contributed by atoms with Crippen molar-refractivity contribution in [2.45, 2.75) is 43.9 Å². The smallest absolute Gasteiger partial charge is 0.0727 e. The van der Waals surface area contributed by atoms with Gasteiger partial charge in [0.1, 0.15) is 0 Å². The normalized spacial score (nSPS) is 15.0. The number of hydrogen-bond acceptors (Lipinski definition) is 0. The van der Waals surface area contributed by atoms with E-state index in [1.165, 1.54) is 155 Å². The van der Waals surface area contributed by atoms with Gasteiger partial charge >= 0.3 is 0 Å². The van der Waals surface area contributed by atoms with Crippen LogP contribution in [0.2, 0.25) is 0 Å². The third-order valence-electron chi connectivity index (χ3n) is 19.8. The molecule has 0 fully saturated rings. The second-order valence-electron chi connectivity index (χ2n) is 24.3. The molecule has 81 heavy (non-hydrogen) atoms. The Morgan fingerprint density at radius 1 is 0.222 bits per heavy atom. The Kier molecular flexibility index (Phi) is 8.77. The molecule has 2 nitrogen and oxygen atoms in total. The first-order valence-corrected chi connectivity index (χ1v) is 28.7. The number of fused-ring (bicyclic) bond motifs is 22. The van der Waals surface area contributed by atoms with Crippen molar-refractivity contribution in [2.24, 2.45) is 0 Å². The van der Waals surface area contributed by atoms with E-state index in [0.717, 1.165) is 11.4 Å². The molecule has 4 aliphatic carbocycles. The Morgan fingerprint density at radius 2 is 0.481 bits per heavy atom. The summed E-state index contributed by atoms with van der Waals surface area (Å²) in [5, 5.41) is 5.04. The lowest BCUT2D eigenvalue weighted by molar-refractivity contribution is 0.660. The van der Waals surface area contributed by atoms with Gasteiger partial charge in [0.25, 0.3) is 0 Å². The van der Waals surface area contributed by atoms with Gasteiger partial charge in [-0.05, 0) is 184 Å². The van der Waals surface area contributed by atoms with E-state index in [1.54, 1.807) is 0 Å². The van der Waals surface area contributed by atoms with Crippen LogP contribution in [0.15, 0.2) is 255 Å². The van der Waals surface area contributed by atoms with Gasteiger partial charge in [-0.15, -0.1) is 0 Å². The van der Waals surface area contributed by atoms with Crippen LogP contribution in [0.3, 0.4) is 0 Å². The molecule has 14 aromatic rings. The van der Waals surface area contributed by atoms with Crippen LogP contribution in [0.5, 0.6) is 0 Å². The summed E-state index contributed by atoms with van der Waals surface area (Å²) in [7, 11) is 0. The minimum atomic E-state index is -0.719. The van der Waals surface area contributed by atoms with Crippen LogP contribution < -0.4 is 0 Å². The maximum absolute atomic E-state index is 2.58. The number of benzene rings is 12. The highest BCUT2D eigenvalue weighted by Crippen LogP contribution is 2.65. The van der Waals surface area contributed by atoms with Crippen molar-refractivity contribution in [3.05, 3.63) is 299 Å². The number of nitrogens with zero attached hydrogens (tertiary/aromatic N) is 2. The van der Waals surface area contributed by atoms with Crippen molar-refractivity contribution in [3.63, 3.8) is 0 Å². The van der Waals surface area contributed by atoms with Crippen molar-refractivity contribution in [3.8, 4) is 78.1 Å². The highest BCUT2D eigenvalue weighted by Gasteiger charge is 2.53. The lowest BCUT2D eigenvalue weighted by atomic mass is 9.69. The van der Waals surface area contributed by atoms with Gasteiger partial charge in [-0.3, -0.25) is 0 Å². The first kappa shape index (κ1) is 45.1. The summed E-state index contributed by atoms with van der Waals surface area (Å²) < 4.78 is 5.01. The number of aromatic nitrogens is 2. The Hall–Kier alpha value is -9.76. The molecule has 18 rings (SSSR count). The predicted octanol–water partition coefficient (Wildman–Crippen LogP) is 20.2. The summed E-state index contributed by atoms with van der Waals surface area (Å²) in [6.07, 6.45) is 0. The zero-order valence-electron chi connectivity index (χ0n) is 45.6. The summed E-state index contributed by atoms with van der Waals surface area (Å²) in [6.45, 7) is 9.57. The van der Waals surface area contributed by atoms with Gasteiger partial charge in [0.05, 0.1) is 27.5 Å². The molecule has 12 aromatic carbocycles. The molecule has 0 radical (unpaired) electrons. The molecule has 0 saturated carbocycles. The van der Waals surface area contributed by atoms with Crippen LogP contribution in [0.25, 0.3) is 122 Å². The van der Waals surface area contributed by atoms with Crippen LogP contribution in [-0.4, -0.2) is 9.13 Å². The second kappa shape index (κ2) is 15.7. The molecular weight excluding hydrogens is 977 g/mol. The molecular formula is C79H54N2.